The second-order valence-corrected chi connectivity index (χ2v) is 13.0. The van der Waals surface area contributed by atoms with Gasteiger partial charge in [-0.25, -0.2) is 4.79 Å². The van der Waals surface area contributed by atoms with E-state index in [-0.39, 0.29) is 25.0 Å². The quantitative estimate of drug-likeness (QED) is 0.296. The minimum absolute atomic E-state index is 0.132. The standard InChI is InChI=1S/C30H40O11/c1-14-18(41-26(35)21(32)15(2)17-8-7-11-38-17)12-30(37)25(40-16(3)31)23-28(6,10-9-19-29(23,36)13-39-19)24(34)22(33)20(14)27(30,4)5/h7-8,11,15,18-19,21-23,25,32-33,36-37H,9-10,12-13H2,1-6H3/t15-,18-,19+,21+,22+,23-,25-,28+,29-,30+/m0/s1. The highest BCUT2D eigenvalue weighted by Crippen LogP contribution is 2.63. The fourth-order valence-corrected chi connectivity index (χ4v) is 7.94. The van der Waals surface area contributed by atoms with Crippen LogP contribution < -0.4 is 0 Å². The summed E-state index contributed by atoms with van der Waals surface area (Å²) in [4.78, 5) is 39.9. The molecule has 0 amide bonds. The van der Waals surface area contributed by atoms with Gasteiger partial charge in [0.05, 0.1) is 24.9 Å². The van der Waals surface area contributed by atoms with Crippen LogP contribution in [0.4, 0.5) is 0 Å². The Kier molecular flexibility index (Phi) is 7.10. The van der Waals surface area contributed by atoms with Crippen molar-refractivity contribution in [2.24, 2.45) is 16.7 Å². The molecule has 0 unspecified atom stereocenters. The average Bonchev–Trinajstić information content (AvgIpc) is 3.43. The van der Waals surface area contributed by atoms with Gasteiger partial charge in [-0.15, -0.1) is 0 Å². The van der Waals surface area contributed by atoms with Gasteiger partial charge in [-0.1, -0.05) is 27.7 Å². The molecule has 1 aliphatic heterocycles. The predicted molar refractivity (Wildman–Crippen MR) is 141 cm³/mol. The molecular formula is C30H40O11. The highest BCUT2D eigenvalue weighted by molar-refractivity contribution is 5.93. The van der Waals surface area contributed by atoms with Gasteiger partial charge in [0.1, 0.15) is 35.3 Å². The van der Waals surface area contributed by atoms with Crippen molar-refractivity contribution in [2.45, 2.75) is 108 Å². The molecule has 10 atom stereocenters. The van der Waals surface area contributed by atoms with Crippen LogP contribution in [0.25, 0.3) is 0 Å². The van der Waals surface area contributed by atoms with Gasteiger partial charge in [0.25, 0.3) is 0 Å². The summed E-state index contributed by atoms with van der Waals surface area (Å²) < 4.78 is 22.5. The number of ketones is 1. The van der Waals surface area contributed by atoms with Crippen molar-refractivity contribution in [2.75, 3.05) is 6.61 Å². The van der Waals surface area contributed by atoms with E-state index in [0.29, 0.717) is 17.8 Å². The van der Waals surface area contributed by atoms with Crippen LogP contribution in [0.5, 0.6) is 0 Å². The number of hydrogen-bond acceptors (Lipinski definition) is 11. The van der Waals surface area contributed by atoms with Crippen molar-refractivity contribution in [1.29, 1.82) is 0 Å². The largest absolute Gasteiger partial charge is 0.469 e. The van der Waals surface area contributed by atoms with Gasteiger partial charge < -0.3 is 39.1 Å². The van der Waals surface area contributed by atoms with E-state index >= 15 is 0 Å². The number of fused-ring (bicyclic) bond motifs is 5. The number of carbonyl (C=O) groups is 3. The Morgan fingerprint density at radius 1 is 1.17 bits per heavy atom. The maximum Gasteiger partial charge on any atom is 0.336 e. The maximum atomic E-state index is 14.2. The molecule has 0 spiro atoms. The molecule has 5 rings (SSSR count). The molecule has 2 heterocycles. The third-order valence-electron chi connectivity index (χ3n) is 10.5. The molecule has 3 fully saturated rings. The van der Waals surface area contributed by atoms with Crippen LogP contribution in [0.15, 0.2) is 34.0 Å². The van der Waals surface area contributed by atoms with E-state index in [1.807, 2.05) is 0 Å². The molecule has 1 aromatic rings. The minimum Gasteiger partial charge on any atom is -0.469 e. The van der Waals surface area contributed by atoms with E-state index in [4.69, 9.17) is 18.6 Å². The van der Waals surface area contributed by atoms with Gasteiger partial charge in [-0.05, 0) is 43.0 Å². The summed E-state index contributed by atoms with van der Waals surface area (Å²) in [6.07, 6.45) is -4.84. The SMILES string of the molecule is CC(=O)O[C@H]1[C@@H]2[C@]3(O)CO[C@@H]3CC[C@@]2(C)C(=O)[C@H](O)C2=C(C)[C@@H](OC(=O)[C@H](O)[C@@H](C)c3ccco3)C[C@]1(O)C2(C)C. The topological polar surface area (TPSA) is 173 Å². The van der Waals surface area contributed by atoms with E-state index in [2.05, 4.69) is 0 Å². The number of furan rings is 1. The van der Waals surface area contributed by atoms with E-state index in [0.717, 1.165) is 0 Å². The number of aliphatic hydroxyl groups is 4. The lowest BCUT2D eigenvalue weighted by Gasteiger charge is -2.66. The van der Waals surface area contributed by atoms with Crippen LogP contribution in [0.1, 0.15) is 72.5 Å². The van der Waals surface area contributed by atoms with Crippen molar-refractivity contribution in [3.63, 3.8) is 0 Å². The zero-order valence-electron chi connectivity index (χ0n) is 24.2. The zero-order chi connectivity index (χ0) is 30.3. The van der Waals surface area contributed by atoms with Crippen molar-refractivity contribution in [3.8, 4) is 0 Å². The van der Waals surface area contributed by atoms with E-state index in [1.54, 1.807) is 46.8 Å². The Balaban J connectivity index is 1.63. The summed E-state index contributed by atoms with van der Waals surface area (Å²) in [6, 6.07) is 3.25. The van der Waals surface area contributed by atoms with Crippen LogP contribution >= 0.6 is 0 Å². The van der Waals surface area contributed by atoms with E-state index in [9.17, 15) is 34.8 Å². The van der Waals surface area contributed by atoms with Crippen LogP contribution in [0.2, 0.25) is 0 Å². The van der Waals surface area contributed by atoms with Gasteiger partial charge >= 0.3 is 11.9 Å². The number of aliphatic hydroxyl groups excluding tert-OH is 2. The van der Waals surface area contributed by atoms with Crippen molar-refractivity contribution < 1.29 is 53.4 Å². The van der Waals surface area contributed by atoms with Crippen LogP contribution in [0.3, 0.4) is 0 Å². The number of ether oxygens (including phenoxy) is 3. The van der Waals surface area contributed by atoms with Crippen LogP contribution in [-0.4, -0.2) is 86.5 Å². The summed E-state index contributed by atoms with van der Waals surface area (Å²) in [6.45, 7) is 9.15. The first-order chi connectivity index (χ1) is 19.0. The number of esters is 2. The normalized spacial score (nSPS) is 41.1. The Labute approximate surface area is 238 Å². The van der Waals surface area contributed by atoms with Crippen molar-refractivity contribution in [1.82, 2.24) is 0 Å². The monoisotopic (exact) mass is 576 g/mol. The molecule has 11 heteroatoms. The summed E-state index contributed by atoms with van der Waals surface area (Å²) in [5, 5.41) is 47.0. The molecule has 11 nitrogen and oxygen atoms in total. The zero-order valence-corrected chi connectivity index (χ0v) is 24.2. The highest BCUT2D eigenvalue weighted by atomic mass is 16.6. The minimum atomic E-state index is -2.02. The molecule has 0 radical (unpaired) electrons. The molecule has 4 N–H and O–H groups in total. The smallest absolute Gasteiger partial charge is 0.336 e. The number of rotatable bonds is 5. The molecule has 2 bridgehead atoms. The van der Waals surface area contributed by atoms with Gasteiger partial charge in [0, 0.05) is 30.1 Å². The average molecular weight is 577 g/mol. The van der Waals surface area contributed by atoms with Gasteiger partial charge in [0.2, 0.25) is 0 Å². The highest BCUT2D eigenvalue weighted by Gasteiger charge is 2.74. The first kappa shape index (κ1) is 29.9. The number of hydrogen-bond donors (Lipinski definition) is 4. The Hall–Kier alpha value is -2.57. The number of Topliss-reactive ketones (excluding diaryl/α,β-unsaturated/α-hetero) is 1. The number of carbonyl (C=O) groups excluding carboxylic acids is 3. The summed E-state index contributed by atoms with van der Waals surface area (Å²) in [7, 11) is 0. The Bertz CT molecular complexity index is 1270. The Morgan fingerprint density at radius 3 is 2.41 bits per heavy atom. The fraction of sp³-hybridized carbons (Fsp3) is 0.700. The van der Waals surface area contributed by atoms with E-state index < -0.39 is 82.1 Å². The fourth-order valence-electron chi connectivity index (χ4n) is 7.94. The van der Waals surface area contributed by atoms with Crippen molar-refractivity contribution >= 4 is 17.7 Å². The maximum absolute atomic E-state index is 14.2. The summed E-state index contributed by atoms with van der Waals surface area (Å²) in [5.41, 5.74) is -5.86. The molecule has 226 valence electrons. The van der Waals surface area contributed by atoms with Gasteiger partial charge in [0.15, 0.2) is 11.9 Å². The Morgan fingerprint density at radius 2 is 1.85 bits per heavy atom. The van der Waals surface area contributed by atoms with Crippen LogP contribution in [-0.2, 0) is 28.6 Å². The molecule has 2 saturated carbocycles. The first-order valence-corrected chi connectivity index (χ1v) is 14.1. The van der Waals surface area contributed by atoms with E-state index in [1.165, 1.54) is 13.2 Å². The molecule has 0 aromatic carbocycles. The summed E-state index contributed by atoms with van der Waals surface area (Å²) in [5.74, 6) is -3.80. The third kappa shape index (κ3) is 4.15. The summed E-state index contributed by atoms with van der Waals surface area (Å²) >= 11 is 0. The van der Waals surface area contributed by atoms with Gasteiger partial charge in [-0.3, -0.25) is 9.59 Å². The van der Waals surface area contributed by atoms with Gasteiger partial charge in [-0.2, -0.15) is 0 Å². The lowest BCUT2D eigenvalue weighted by atomic mass is 9.45. The molecule has 1 saturated heterocycles. The van der Waals surface area contributed by atoms with Crippen molar-refractivity contribution in [3.05, 3.63) is 35.3 Å². The molecule has 3 aliphatic carbocycles. The molecule has 1 aromatic heterocycles. The molecular weight excluding hydrogens is 536 g/mol. The van der Waals surface area contributed by atoms with Crippen LogP contribution in [0, 0.1) is 16.7 Å². The lowest BCUT2D eigenvalue weighted by molar-refractivity contribution is -0.331. The third-order valence-corrected chi connectivity index (χ3v) is 10.5. The second-order valence-electron chi connectivity index (χ2n) is 13.0. The first-order valence-electron chi connectivity index (χ1n) is 14.1. The predicted octanol–water partition coefficient (Wildman–Crippen LogP) is 1.55. The second kappa shape index (κ2) is 9.74. The molecule has 4 aliphatic rings. The molecule has 41 heavy (non-hydrogen) atoms. The lowest BCUT2D eigenvalue weighted by Crippen LogP contribution is -2.78.